The quantitative estimate of drug-likeness (QED) is 0.508. The first kappa shape index (κ1) is 24.7. The number of carbonyl (C=O) groups excluding carboxylic acids is 2. The lowest BCUT2D eigenvalue weighted by Gasteiger charge is -2.14. The second-order valence-corrected chi connectivity index (χ2v) is 7.07. The minimum absolute atomic E-state index is 0. The van der Waals surface area contributed by atoms with Crippen LogP contribution in [0.1, 0.15) is 35.2 Å². The lowest BCUT2D eigenvalue weighted by molar-refractivity contribution is -0.123. The summed E-state index contributed by atoms with van der Waals surface area (Å²) in [5, 5.41) is 18.3. The van der Waals surface area contributed by atoms with Gasteiger partial charge in [0.25, 0.3) is 5.91 Å². The van der Waals surface area contributed by atoms with Gasteiger partial charge in [-0.1, -0.05) is 12.1 Å². The van der Waals surface area contributed by atoms with E-state index in [4.69, 9.17) is 0 Å². The van der Waals surface area contributed by atoms with Crippen LogP contribution in [0.3, 0.4) is 0 Å². The molecule has 7 nitrogen and oxygen atoms in total. The molecule has 3 rings (SSSR count). The Morgan fingerprint density at radius 3 is 2.39 bits per heavy atom. The molecule has 2 aliphatic rings. The Morgan fingerprint density at radius 2 is 1.79 bits per heavy atom. The number of carbonyl (C=O) groups is 2. The van der Waals surface area contributed by atoms with Crippen molar-refractivity contribution in [2.75, 3.05) is 32.7 Å². The topological polar surface area (TPSA) is 93.7 Å². The van der Waals surface area contributed by atoms with Gasteiger partial charge in [0.2, 0.25) is 5.91 Å². The molecule has 2 atom stereocenters. The summed E-state index contributed by atoms with van der Waals surface area (Å²) in [6, 6.07) is 6.94. The molecule has 2 saturated heterocycles. The van der Waals surface area contributed by atoms with Crippen molar-refractivity contribution in [2.45, 2.75) is 38.0 Å². The van der Waals surface area contributed by atoms with Gasteiger partial charge in [-0.05, 0) is 50.0 Å². The van der Waals surface area contributed by atoms with Gasteiger partial charge < -0.3 is 26.0 Å². The van der Waals surface area contributed by atoms with Gasteiger partial charge in [-0.3, -0.25) is 9.59 Å². The summed E-state index contributed by atoms with van der Waals surface area (Å²) in [5.74, 6) is -0.172. The Kier molecular flexibility index (Phi) is 10.8. The highest BCUT2D eigenvalue weighted by Gasteiger charge is 2.27. The van der Waals surface area contributed by atoms with Crippen molar-refractivity contribution in [3.05, 3.63) is 35.4 Å². The molecule has 28 heavy (non-hydrogen) atoms. The molecule has 158 valence electrons. The lowest BCUT2D eigenvalue weighted by atomic mass is 10.1. The van der Waals surface area contributed by atoms with E-state index in [9.17, 15) is 14.7 Å². The molecule has 1 aromatic carbocycles. The van der Waals surface area contributed by atoms with Crippen LogP contribution in [0.25, 0.3) is 0 Å². The number of aliphatic hydroxyl groups is 1. The molecule has 2 unspecified atom stereocenters. The average Bonchev–Trinajstić information content (AvgIpc) is 3.32. The summed E-state index contributed by atoms with van der Waals surface area (Å²) in [7, 11) is 0. The number of benzene rings is 1. The zero-order valence-corrected chi connectivity index (χ0v) is 17.5. The lowest BCUT2D eigenvalue weighted by Crippen LogP contribution is -2.40. The van der Waals surface area contributed by atoms with Crippen molar-refractivity contribution in [1.82, 2.24) is 20.9 Å². The van der Waals surface area contributed by atoms with Crippen molar-refractivity contribution in [3.63, 3.8) is 0 Å². The van der Waals surface area contributed by atoms with Crippen LogP contribution in [0.2, 0.25) is 0 Å². The molecule has 0 radical (unpaired) electrons. The highest BCUT2D eigenvalue weighted by Crippen LogP contribution is 2.08. The van der Waals surface area contributed by atoms with Gasteiger partial charge in [0, 0.05) is 31.7 Å². The van der Waals surface area contributed by atoms with Crippen molar-refractivity contribution in [2.24, 2.45) is 0 Å². The van der Waals surface area contributed by atoms with Gasteiger partial charge in [-0.2, -0.15) is 0 Å². The monoisotopic (exact) mass is 432 g/mol. The Balaban J connectivity index is 0.00000196. The van der Waals surface area contributed by atoms with E-state index in [0.29, 0.717) is 31.6 Å². The van der Waals surface area contributed by atoms with Gasteiger partial charge in [0.1, 0.15) is 0 Å². The minimum Gasteiger partial charge on any atom is -0.392 e. The van der Waals surface area contributed by atoms with Gasteiger partial charge in [-0.15, -0.1) is 24.8 Å². The van der Waals surface area contributed by atoms with Crippen LogP contribution in [0, 0.1) is 0 Å². The summed E-state index contributed by atoms with van der Waals surface area (Å²) in [6.07, 6.45) is 2.50. The third-order valence-electron chi connectivity index (χ3n) is 5.02. The number of β-amino-alcohol motifs (C(OH)–C–C–N with tert-alkyl or cyclic N) is 1. The smallest absolute Gasteiger partial charge is 0.251 e. The molecule has 0 aromatic heterocycles. The summed E-state index contributed by atoms with van der Waals surface area (Å²) in [4.78, 5) is 26.5. The van der Waals surface area contributed by atoms with E-state index < -0.39 is 6.10 Å². The summed E-state index contributed by atoms with van der Waals surface area (Å²) >= 11 is 0. The van der Waals surface area contributed by atoms with Crippen molar-refractivity contribution in [1.29, 1.82) is 0 Å². The molecule has 2 amide bonds. The van der Waals surface area contributed by atoms with E-state index >= 15 is 0 Å². The summed E-state index contributed by atoms with van der Waals surface area (Å²) in [6.45, 7) is 4.69. The van der Waals surface area contributed by atoms with E-state index in [0.717, 1.165) is 25.2 Å². The largest absolute Gasteiger partial charge is 0.392 e. The normalized spacial score (nSPS) is 21.5. The molecule has 2 aliphatic heterocycles. The maximum Gasteiger partial charge on any atom is 0.251 e. The highest BCUT2D eigenvalue weighted by atomic mass is 35.5. The maximum absolute atomic E-state index is 12.2. The van der Waals surface area contributed by atoms with Crippen LogP contribution in [0.15, 0.2) is 24.3 Å². The van der Waals surface area contributed by atoms with Crippen LogP contribution in [0.4, 0.5) is 0 Å². The zero-order valence-electron chi connectivity index (χ0n) is 15.9. The fourth-order valence-electron chi connectivity index (χ4n) is 3.44. The average molecular weight is 433 g/mol. The Labute approximate surface area is 178 Å². The fraction of sp³-hybridized carbons (Fsp3) is 0.579. The SMILES string of the molecule is Cl.Cl.O=C(NCCN1CCCC1)c1ccc(CNC(=O)C2CC(O)CN2)cc1. The molecule has 0 bridgehead atoms. The first-order chi connectivity index (χ1) is 12.6. The number of nitrogens with zero attached hydrogens (tertiary/aromatic N) is 1. The van der Waals surface area contributed by atoms with Gasteiger partial charge >= 0.3 is 0 Å². The van der Waals surface area contributed by atoms with E-state index in [1.165, 1.54) is 12.8 Å². The van der Waals surface area contributed by atoms with E-state index in [-0.39, 0.29) is 42.7 Å². The standard InChI is InChI=1S/C19H28N4O3.2ClH/c24-16-11-17(21-13-16)19(26)22-12-14-3-5-15(6-4-14)18(25)20-7-10-23-8-1-2-9-23;;/h3-6,16-17,21,24H,1-2,7-13H2,(H,20,25)(H,22,26);2*1H. The number of amides is 2. The van der Waals surface area contributed by atoms with Crippen molar-refractivity contribution >= 4 is 36.6 Å². The minimum atomic E-state index is -0.450. The predicted octanol–water partition coefficient (Wildman–Crippen LogP) is 0.695. The fourth-order valence-corrected chi connectivity index (χ4v) is 3.44. The van der Waals surface area contributed by atoms with Crippen LogP contribution in [-0.2, 0) is 11.3 Å². The van der Waals surface area contributed by atoms with Crippen LogP contribution < -0.4 is 16.0 Å². The summed E-state index contributed by atoms with van der Waals surface area (Å²) < 4.78 is 0. The second kappa shape index (κ2) is 12.2. The molecular weight excluding hydrogens is 403 g/mol. The van der Waals surface area contributed by atoms with Crippen LogP contribution >= 0.6 is 24.8 Å². The molecule has 0 aliphatic carbocycles. The van der Waals surface area contributed by atoms with E-state index in [1.54, 1.807) is 12.1 Å². The third-order valence-corrected chi connectivity index (χ3v) is 5.02. The zero-order chi connectivity index (χ0) is 18.4. The summed E-state index contributed by atoms with van der Waals surface area (Å²) in [5.41, 5.74) is 1.56. The molecular formula is C19H30Cl2N4O3. The molecule has 0 spiro atoms. The van der Waals surface area contributed by atoms with Gasteiger partial charge in [0.05, 0.1) is 12.1 Å². The molecule has 0 saturated carbocycles. The third kappa shape index (κ3) is 7.22. The van der Waals surface area contributed by atoms with Gasteiger partial charge in [-0.25, -0.2) is 0 Å². The first-order valence-electron chi connectivity index (χ1n) is 9.40. The number of halogens is 2. The van der Waals surface area contributed by atoms with Crippen molar-refractivity contribution in [3.8, 4) is 0 Å². The Hall–Kier alpha value is -1.38. The second-order valence-electron chi connectivity index (χ2n) is 7.07. The Morgan fingerprint density at radius 1 is 1.11 bits per heavy atom. The van der Waals surface area contributed by atoms with Crippen LogP contribution in [0.5, 0.6) is 0 Å². The van der Waals surface area contributed by atoms with Crippen LogP contribution in [-0.4, -0.2) is 66.7 Å². The number of hydrogen-bond acceptors (Lipinski definition) is 5. The van der Waals surface area contributed by atoms with Crippen molar-refractivity contribution < 1.29 is 14.7 Å². The molecule has 9 heteroatoms. The number of nitrogens with one attached hydrogen (secondary N) is 3. The number of aliphatic hydroxyl groups excluding tert-OH is 1. The predicted molar refractivity (Wildman–Crippen MR) is 113 cm³/mol. The molecule has 2 fully saturated rings. The molecule has 1 aromatic rings. The Bertz CT molecular complexity index is 624. The van der Waals surface area contributed by atoms with E-state index in [2.05, 4.69) is 20.9 Å². The highest BCUT2D eigenvalue weighted by molar-refractivity contribution is 5.94. The number of likely N-dealkylation sites (tertiary alicyclic amines) is 1. The number of hydrogen-bond donors (Lipinski definition) is 4. The number of rotatable bonds is 7. The van der Waals surface area contributed by atoms with E-state index in [1.807, 2.05) is 12.1 Å². The molecule has 4 N–H and O–H groups in total. The molecule has 2 heterocycles. The first-order valence-corrected chi connectivity index (χ1v) is 9.40. The van der Waals surface area contributed by atoms with Gasteiger partial charge in [0.15, 0.2) is 0 Å². The maximum atomic E-state index is 12.2.